The van der Waals surface area contributed by atoms with E-state index in [0.29, 0.717) is 47.9 Å². The Morgan fingerprint density at radius 2 is 0.904 bits per heavy atom. The van der Waals surface area contributed by atoms with E-state index in [1.807, 2.05) is 0 Å². The monoisotopic (exact) mass is 812 g/mol. The molecule has 0 aromatic carbocycles. The van der Waals surface area contributed by atoms with Crippen LogP contribution in [-0.2, 0) is 46.2 Å². The summed E-state index contributed by atoms with van der Waals surface area (Å²) < 4.78 is 89.7. The molecule has 0 N–H and O–H groups in total. The van der Waals surface area contributed by atoms with Gasteiger partial charge < -0.3 is 34.6 Å². The van der Waals surface area contributed by atoms with Gasteiger partial charge in [0.05, 0.1) is 34.2 Å². The molecule has 0 aliphatic carbocycles. The van der Waals surface area contributed by atoms with Crippen molar-refractivity contribution < 1.29 is 74.4 Å². The number of pyridine rings is 4. The van der Waals surface area contributed by atoms with Gasteiger partial charge in [-0.25, -0.2) is 4.98 Å². The molecule has 0 saturated heterocycles. The average molecular weight is 812 g/mol. The number of carbonyl (C=O) groups excluding carboxylic acids is 3. The summed E-state index contributed by atoms with van der Waals surface area (Å²) in [6.45, 7) is 0.875. The summed E-state index contributed by atoms with van der Waals surface area (Å²) in [5.74, 6) is 0.760. The molecule has 266 valence electrons. The van der Waals surface area contributed by atoms with Crippen molar-refractivity contribution in [2.24, 2.45) is 0 Å². The predicted octanol–water partition coefficient (Wildman–Crippen LogP) is 4.97. The van der Waals surface area contributed by atoms with Crippen molar-refractivity contribution in [2.75, 3.05) is 0 Å². The number of aromatic nitrogens is 8. The zero-order valence-electron chi connectivity index (χ0n) is 25.4. The summed E-state index contributed by atoms with van der Waals surface area (Å²) >= 11 is 0. The molecule has 0 aliphatic heterocycles. The number of alkyl halides is 6. The van der Waals surface area contributed by atoms with Gasteiger partial charge in [0.1, 0.15) is 28.6 Å². The van der Waals surface area contributed by atoms with E-state index < -0.39 is 23.7 Å². The topological polar surface area (TPSA) is 184 Å². The third-order valence-electron chi connectivity index (χ3n) is 6.27. The number of ether oxygens (including phenoxy) is 3. The average Bonchev–Trinajstić information content (AvgIpc) is 3.81. The summed E-state index contributed by atoms with van der Waals surface area (Å²) in [6.07, 6.45) is -6.41. The second kappa shape index (κ2) is 16.6. The van der Waals surface area contributed by atoms with E-state index in [1.165, 1.54) is 67.0 Å². The zero-order chi connectivity index (χ0) is 36.6. The largest absolute Gasteiger partial charge is 2.00 e. The normalized spacial score (nSPS) is 11.0. The molecule has 0 bridgehead atoms. The van der Waals surface area contributed by atoms with Crippen molar-refractivity contribution in [2.45, 2.75) is 12.4 Å². The van der Waals surface area contributed by atoms with Gasteiger partial charge in [-0.3, -0.25) is 29.3 Å². The van der Waals surface area contributed by atoms with Gasteiger partial charge in [-0.1, -0.05) is 17.5 Å². The van der Waals surface area contributed by atoms with Gasteiger partial charge >= 0.3 is 31.8 Å². The molecule has 0 spiro atoms. The van der Waals surface area contributed by atoms with Crippen molar-refractivity contribution in [3.05, 3.63) is 90.5 Å². The third-order valence-corrected chi connectivity index (χ3v) is 6.27. The fourth-order valence-electron chi connectivity index (χ4n) is 4.09. The van der Waals surface area contributed by atoms with Crippen molar-refractivity contribution in [3.63, 3.8) is 0 Å². The Labute approximate surface area is 299 Å². The van der Waals surface area contributed by atoms with E-state index in [4.69, 9.17) is 14.2 Å². The second-order valence-corrected chi connectivity index (χ2v) is 9.60. The first-order chi connectivity index (χ1) is 24.4. The Kier molecular flexibility index (Phi) is 12.2. The molecule has 14 nitrogen and oxygen atoms in total. The summed E-state index contributed by atoms with van der Waals surface area (Å²) in [4.78, 5) is 48.6. The molecule has 6 aromatic rings. The van der Waals surface area contributed by atoms with Crippen molar-refractivity contribution in [1.29, 1.82) is 0 Å². The summed E-state index contributed by atoms with van der Waals surface area (Å²) in [6, 6.07) is 14.5. The molecule has 21 heteroatoms. The number of carbonyl (C=O) groups is 3. The number of nitrogens with zero attached hydrogens (tertiary/aromatic N) is 8. The van der Waals surface area contributed by atoms with Crippen LogP contribution in [0.3, 0.4) is 0 Å². The van der Waals surface area contributed by atoms with Crippen molar-refractivity contribution in [3.8, 4) is 62.8 Å². The van der Waals surface area contributed by atoms with Gasteiger partial charge in [0.15, 0.2) is 0 Å². The number of hydrogen-bond acceptors (Lipinski definition) is 12. The van der Waals surface area contributed by atoms with E-state index in [1.54, 1.807) is 0 Å². The first-order valence-electron chi connectivity index (χ1n) is 13.8. The molecule has 6 aromatic heterocycles. The number of rotatable bonds is 10. The van der Waals surface area contributed by atoms with Crippen LogP contribution < -0.4 is 24.4 Å². The fraction of sp³-hybridized carbons (Fsp3) is 0.0645. The minimum absolute atomic E-state index is 0. The van der Waals surface area contributed by atoms with Gasteiger partial charge in [0.2, 0.25) is 0 Å². The van der Waals surface area contributed by atoms with Crippen LogP contribution >= 0.6 is 0 Å². The van der Waals surface area contributed by atoms with E-state index in [0.717, 1.165) is 0 Å². The van der Waals surface area contributed by atoms with Gasteiger partial charge in [-0.05, 0) is 36.4 Å². The van der Waals surface area contributed by atoms with E-state index in [-0.39, 0.29) is 66.0 Å². The molecule has 6 heterocycles. The molecule has 52 heavy (non-hydrogen) atoms. The number of hydrogen-bond donors (Lipinski definition) is 0. The first kappa shape index (κ1) is 38.4. The first-order valence-corrected chi connectivity index (χ1v) is 13.8. The third kappa shape index (κ3) is 9.65. The molecular weight excluding hydrogens is 795 g/mol. The zero-order valence-corrected chi connectivity index (χ0v) is 27.1. The molecule has 0 aliphatic rings. The molecule has 0 saturated carbocycles. The maximum Gasteiger partial charge on any atom is 2.00 e. The van der Waals surface area contributed by atoms with Crippen LogP contribution in [0.15, 0.2) is 79.1 Å². The molecular formula is C31H16F6N8O6Ru. The number of halogens is 6. The predicted molar refractivity (Wildman–Crippen MR) is 158 cm³/mol. The van der Waals surface area contributed by atoms with Crippen LogP contribution in [0.1, 0.15) is 11.4 Å². The van der Waals surface area contributed by atoms with E-state index in [2.05, 4.69) is 40.3 Å². The Bertz CT molecular complexity index is 2040. The van der Waals surface area contributed by atoms with Crippen LogP contribution in [-0.4, -0.2) is 49.5 Å². The SMILES string of the molecule is FC(F)(F)c1cc(-c2cccc(-c3cc(C(F)(F)F)n[n-]3)n2)[n-]n1.O=COc1ccnc(-c2cc(OC=O)cc(-c3cc(OC=O)ccn3)n2)c1.[Ru+2]. The Balaban J connectivity index is 0.000000230. The molecule has 0 radical (unpaired) electrons. The van der Waals surface area contributed by atoms with Gasteiger partial charge in [0.25, 0.3) is 19.4 Å². The molecule has 0 atom stereocenters. The van der Waals surface area contributed by atoms with Crippen LogP contribution in [0.5, 0.6) is 17.2 Å². The summed E-state index contributed by atoms with van der Waals surface area (Å²) in [5.41, 5.74) is -1.17. The Hall–Kier alpha value is -6.37. The maximum absolute atomic E-state index is 12.5. The maximum atomic E-state index is 12.5. The van der Waals surface area contributed by atoms with Crippen LogP contribution in [0.2, 0.25) is 0 Å². The smallest absolute Gasteiger partial charge is 0.573 e. The molecule has 6 rings (SSSR count). The quantitative estimate of drug-likeness (QED) is 0.103. The summed E-state index contributed by atoms with van der Waals surface area (Å²) in [5, 5.41) is 12.8. The van der Waals surface area contributed by atoms with Gasteiger partial charge in [0, 0.05) is 36.7 Å². The van der Waals surface area contributed by atoms with Crippen molar-refractivity contribution in [1.82, 2.24) is 40.3 Å². The van der Waals surface area contributed by atoms with Crippen LogP contribution in [0.25, 0.3) is 45.6 Å². The second-order valence-electron chi connectivity index (χ2n) is 9.60. The Morgan fingerprint density at radius 1 is 0.519 bits per heavy atom. The molecule has 0 fully saturated rings. The molecule has 0 unspecified atom stereocenters. The van der Waals surface area contributed by atoms with E-state index >= 15 is 0 Å². The minimum atomic E-state index is -4.65. The Morgan fingerprint density at radius 3 is 1.29 bits per heavy atom. The summed E-state index contributed by atoms with van der Waals surface area (Å²) in [7, 11) is 0. The van der Waals surface area contributed by atoms with E-state index in [9.17, 15) is 40.7 Å². The van der Waals surface area contributed by atoms with Gasteiger partial charge in [-0.2, -0.15) is 26.3 Å². The van der Waals surface area contributed by atoms with Crippen LogP contribution in [0, 0.1) is 0 Å². The minimum Gasteiger partial charge on any atom is -0.573 e. The van der Waals surface area contributed by atoms with Crippen molar-refractivity contribution >= 4 is 19.4 Å². The standard InChI is InChI=1S/C18H11N3O6.C13H5F6N5.Ru/c22-9-25-12-1-3-19-15(5-12)17-7-14(27-11-24)8-18(21-17)16-6-13(26-10-23)2-4-20-16;14-12(15,16)10-4-8(21-23-10)6-2-1-3-7(20-6)9-5-11(24-22-9)13(17,18)19;/h1-11H;1-5H;/q;-2;+2. The fourth-order valence-corrected chi connectivity index (χ4v) is 4.09. The molecule has 0 amide bonds. The van der Waals surface area contributed by atoms with Gasteiger partial charge in [-0.15, -0.1) is 0 Å². The van der Waals surface area contributed by atoms with Crippen LogP contribution in [0.4, 0.5) is 26.3 Å².